The lowest BCUT2D eigenvalue weighted by Crippen LogP contribution is -2.08. The van der Waals surface area contributed by atoms with Crippen molar-refractivity contribution < 1.29 is 22.4 Å². The van der Waals surface area contributed by atoms with Gasteiger partial charge in [-0.1, -0.05) is 15.9 Å². The van der Waals surface area contributed by atoms with E-state index in [2.05, 4.69) is 15.9 Å². The summed E-state index contributed by atoms with van der Waals surface area (Å²) in [6, 6.07) is 1.08. The lowest BCUT2D eigenvalue weighted by Gasteiger charge is -2.08. The molecule has 0 fully saturated rings. The smallest absolute Gasteiger partial charge is 0.298 e. The molecular weight excluding hydrogens is 268 g/mol. The second-order valence-corrected chi connectivity index (χ2v) is 3.32. The third kappa shape index (κ3) is 2.12. The van der Waals surface area contributed by atoms with Crippen molar-refractivity contribution in [3.63, 3.8) is 0 Å². The quantitative estimate of drug-likeness (QED) is 0.565. The van der Waals surface area contributed by atoms with Crippen LogP contribution < -0.4 is 0 Å². The Morgan fingerprint density at radius 1 is 1.29 bits per heavy atom. The topological polar surface area (TPSA) is 17.1 Å². The standard InChI is InChI=1S/C8H3BrF4O/c9-6-2-5(8(11,12)13)7(10)1-4(6)3-14/h1-3H. The molecule has 76 valence electrons. The van der Waals surface area contributed by atoms with E-state index in [1.54, 1.807) is 0 Å². The summed E-state index contributed by atoms with van der Waals surface area (Å²) in [6.45, 7) is 0. The number of aldehydes is 1. The SMILES string of the molecule is O=Cc1cc(F)c(C(F)(F)F)cc1Br. The van der Waals surface area contributed by atoms with Gasteiger partial charge in [0.05, 0.1) is 5.56 Å². The number of rotatable bonds is 1. The van der Waals surface area contributed by atoms with Gasteiger partial charge in [-0.3, -0.25) is 4.79 Å². The van der Waals surface area contributed by atoms with Gasteiger partial charge in [-0.2, -0.15) is 13.2 Å². The van der Waals surface area contributed by atoms with E-state index in [9.17, 15) is 22.4 Å². The Labute approximate surface area is 84.9 Å². The van der Waals surface area contributed by atoms with E-state index in [1.807, 2.05) is 0 Å². The highest BCUT2D eigenvalue weighted by atomic mass is 79.9. The number of hydrogen-bond acceptors (Lipinski definition) is 1. The number of carbonyl (C=O) groups is 1. The van der Waals surface area contributed by atoms with Crippen molar-refractivity contribution in [2.24, 2.45) is 0 Å². The molecule has 0 bridgehead atoms. The number of benzene rings is 1. The molecule has 0 aromatic heterocycles. The van der Waals surface area contributed by atoms with E-state index in [0.29, 0.717) is 12.1 Å². The lowest BCUT2D eigenvalue weighted by atomic mass is 10.1. The molecule has 0 radical (unpaired) electrons. The molecule has 0 saturated carbocycles. The number of alkyl halides is 3. The minimum Gasteiger partial charge on any atom is -0.298 e. The normalized spacial score (nSPS) is 11.5. The second kappa shape index (κ2) is 3.68. The van der Waals surface area contributed by atoms with Crippen molar-refractivity contribution in [2.45, 2.75) is 6.18 Å². The molecule has 1 aromatic carbocycles. The van der Waals surface area contributed by atoms with Crippen LogP contribution in [0.1, 0.15) is 15.9 Å². The molecule has 0 N–H and O–H groups in total. The van der Waals surface area contributed by atoms with Crippen LogP contribution in [0.2, 0.25) is 0 Å². The molecule has 6 heteroatoms. The van der Waals surface area contributed by atoms with Gasteiger partial charge in [0.2, 0.25) is 0 Å². The maximum absolute atomic E-state index is 12.8. The number of hydrogen-bond donors (Lipinski definition) is 0. The van der Waals surface area contributed by atoms with Crippen molar-refractivity contribution in [3.05, 3.63) is 33.5 Å². The zero-order chi connectivity index (χ0) is 10.9. The molecule has 14 heavy (non-hydrogen) atoms. The molecule has 0 saturated heterocycles. The first-order valence-electron chi connectivity index (χ1n) is 3.37. The first-order chi connectivity index (χ1) is 6.36. The molecule has 1 nitrogen and oxygen atoms in total. The fraction of sp³-hybridized carbons (Fsp3) is 0.125. The lowest BCUT2D eigenvalue weighted by molar-refractivity contribution is -0.140. The zero-order valence-corrected chi connectivity index (χ0v) is 8.12. The van der Waals surface area contributed by atoms with Crippen molar-refractivity contribution in [2.75, 3.05) is 0 Å². The Kier molecular flexibility index (Phi) is 2.94. The van der Waals surface area contributed by atoms with Gasteiger partial charge in [-0.05, 0) is 12.1 Å². The van der Waals surface area contributed by atoms with Crippen LogP contribution in [0, 0.1) is 5.82 Å². The number of carbonyl (C=O) groups excluding carboxylic acids is 1. The van der Waals surface area contributed by atoms with Crippen LogP contribution in [0.5, 0.6) is 0 Å². The van der Waals surface area contributed by atoms with E-state index in [-0.39, 0.29) is 16.3 Å². The third-order valence-electron chi connectivity index (χ3n) is 1.52. The molecule has 1 aromatic rings. The molecule has 0 aliphatic carbocycles. The molecule has 0 aliphatic rings. The highest BCUT2D eigenvalue weighted by molar-refractivity contribution is 9.10. The summed E-state index contributed by atoms with van der Waals surface area (Å²) in [5.41, 5.74) is -1.55. The first-order valence-corrected chi connectivity index (χ1v) is 4.17. The van der Waals surface area contributed by atoms with Crippen LogP contribution in [0.25, 0.3) is 0 Å². The fourth-order valence-electron chi connectivity index (χ4n) is 0.870. The van der Waals surface area contributed by atoms with Crippen LogP contribution in [0.3, 0.4) is 0 Å². The average molecular weight is 271 g/mol. The van der Waals surface area contributed by atoms with Gasteiger partial charge in [0.15, 0.2) is 6.29 Å². The van der Waals surface area contributed by atoms with E-state index in [0.717, 1.165) is 0 Å². The van der Waals surface area contributed by atoms with E-state index in [1.165, 1.54) is 0 Å². The Morgan fingerprint density at radius 3 is 2.29 bits per heavy atom. The minimum absolute atomic E-state index is 0.0822. The van der Waals surface area contributed by atoms with Crippen LogP contribution in [0.15, 0.2) is 16.6 Å². The first kappa shape index (κ1) is 11.2. The zero-order valence-electron chi connectivity index (χ0n) is 6.53. The van der Waals surface area contributed by atoms with Crippen molar-refractivity contribution in [3.8, 4) is 0 Å². The van der Waals surface area contributed by atoms with Crippen molar-refractivity contribution in [1.29, 1.82) is 0 Å². The van der Waals surface area contributed by atoms with Gasteiger partial charge in [-0.15, -0.1) is 0 Å². The maximum Gasteiger partial charge on any atom is 0.419 e. The summed E-state index contributed by atoms with van der Waals surface area (Å²) < 4.78 is 49.1. The van der Waals surface area contributed by atoms with Crippen LogP contribution in [-0.4, -0.2) is 6.29 Å². The van der Waals surface area contributed by atoms with Crippen molar-refractivity contribution in [1.82, 2.24) is 0 Å². The van der Waals surface area contributed by atoms with Gasteiger partial charge in [0, 0.05) is 10.0 Å². The minimum atomic E-state index is -4.76. The molecular formula is C8H3BrF4O. The molecule has 0 atom stereocenters. The van der Waals surface area contributed by atoms with Crippen LogP contribution in [0.4, 0.5) is 17.6 Å². The van der Waals surface area contributed by atoms with E-state index < -0.39 is 17.6 Å². The summed E-state index contributed by atoms with van der Waals surface area (Å²) in [6.07, 6.45) is -4.48. The molecule has 1 rings (SSSR count). The predicted octanol–water partition coefficient (Wildman–Crippen LogP) is 3.42. The van der Waals surface area contributed by atoms with Gasteiger partial charge in [-0.25, -0.2) is 4.39 Å². The predicted molar refractivity (Wildman–Crippen MR) is 44.5 cm³/mol. The summed E-state index contributed by atoms with van der Waals surface area (Å²) >= 11 is 2.74. The Hall–Kier alpha value is -0.910. The Balaban J connectivity index is 3.36. The summed E-state index contributed by atoms with van der Waals surface area (Å²) in [5.74, 6) is -1.46. The van der Waals surface area contributed by atoms with Crippen LogP contribution >= 0.6 is 15.9 Å². The highest BCUT2D eigenvalue weighted by Gasteiger charge is 2.34. The Morgan fingerprint density at radius 2 is 1.86 bits per heavy atom. The summed E-state index contributed by atoms with van der Waals surface area (Å²) in [7, 11) is 0. The van der Waals surface area contributed by atoms with Gasteiger partial charge in [0.1, 0.15) is 5.82 Å². The molecule has 0 unspecified atom stereocenters. The fourth-order valence-corrected chi connectivity index (χ4v) is 1.31. The molecule has 0 spiro atoms. The third-order valence-corrected chi connectivity index (χ3v) is 2.21. The van der Waals surface area contributed by atoms with Gasteiger partial charge in [0.25, 0.3) is 0 Å². The molecule has 0 aliphatic heterocycles. The average Bonchev–Trinajstić information content (AvgIpc) is 2.06. The van der Waals surface area contributed by atoms with E-state index >= 15 is 0 Å². The summed E-state index contributed by atoms with van der Waals surface area (Å²) in [5, 5.41) is 0. The van der Waals surface area contributed by atoms with Crippen LogP contribution in [-0.2, 0) is 6.18 Å². The monoisotopic (exact) mass is 270 g/mol. The molecule has 0 heterocycles. The number of halogens is 5. The molecule has 0 amide bonds. The van der Waals surface area contributed by atoms with Gasteiger partial charge < -0.3 is 0 Å². The maximum atomic E-state index is 12.8. The second-order valence-electron chi connectivity index (χ2n) is 2.47. The summed E-state index contributed by atoms with van der Waals surface area (Å²) in [4.78, 5) is 10.3. The van der Waals surface area contributed by atoms with E-state index in [4.69, 9.17) is 0 Å². The largest absolute Gasteiger partial charge is 0.419 e. The Bertz CT molecular complexity index is 372. The van der Waals surface area contributed by atoms with Gasteiger partial charge >= 0.3 is 6.18 Å². The highest BCUT2D eigenvalue weighted by Crippen LogP contribution is 2.34. The van der Waals surface area contributed by atoms with Crippen molar-refractivity contribution >= 4 is 22.2 Å².